The highest BCUT2D eigenvalue weighted by molar-refractivity contribution is 6.33. The Morgan fingerprint density at radius 2 is 2.18 bits per heavy atom. The van der Waals surface area contributed by atoms with Crippen LogP contribution in [0.5, 0.6) is 5.75 Å². The lowest BCUT2D eigenvalue weighted by Crippen LogP contribution is -2.42. The minimum atomic E-state index is -0.765. The van der Waals surface area contributed by atoms with Crippen molar-refractivity contribution in [3.63, 3.8) is 0 Å². The van der Waals surface area contributed by atoms with E-state index in [0.29, 0.717) is 30.5 Å². The third-order valence-electron chi connectivity index (χ3n) is 5.63. The predicted molar refractivity (Wildman–Crippen MR) is 121 cm³/mol. The number of rotatable bonds is 8. The van der Waals surface area contributed by atoms with Gasteiger partial charge in [0.05, 0.1) is 16.8 Å². The van der Waals surface area contributed by atoms with Crippen molar-refractivity contribution in [1.29, 1.82) is 0 Å². The first-order chi connectivity index (χ1) is 15.9. The van der Waals surface area contributed by atoms with Gasteiger partial charge in [0.25, 0.3) is 5.91 Å². The molecule has 0 fully saturated rings. The number of nitrogens with one attached hydrogen (secondary N) is 1. The molecule has 0 bridgehead atoms. The van der Waals surface area contributed by atoms with Gasteiger partial charge in [-0.25, -0.2) is 4.98 Å². The van der Waals surface area contributed by atoms with Crippen LogP contribution >= 0.6 is 11.6 Å². The molecule has 10 heteroatoms. The van der Waals surface area contributed by atoms with Gasteiger partial charge in [-0.1, -0.05) is 17.7 Å². The third-order valence-corrected chi connectivity index (χ3v) is 6.05. The molecule has 1 amide bonds. The standard InChI is InChI=1S/C23H25ClFN5O3/c1-29-17(5-8-28-29)14-33-20-3-2-16-12-30(9-6-19(16)22(20)24)13-18(31)11-27-23(32)15-4-7-26-21(25)10-15/h2-5,7-8,10,18,31H,6,9,11-14H2,1H3,(H,27,32)/t18-/m0/s1. The summed E-state index contributed by atoms with van der Waals surface area (Å²) in [5.41, 5.74) is 3.25. The summed E-state index contributed by atoms with van der Waals surface area (Å²) in [5.74, 6) is -0.537. The topological polar surface area (TPSA) is 92.5 Å². The molecule has 8 nitrogen and oxygen atoms in total. The number of aryl methyl sites for hydroxylation is 1. The zero-order chi connectivity index (χ0) is 23.4. The van der Waals surface area contributed by atoms with E-state index in [2.05, 4.69) is 20.3 Å². The first kappa shape index (κ1) is 23.2. The summed E-state index contributed by atoms with van der Waals surface area (Å²) in [6.07, 6.45) is 2.92. The molecule has 1 aliphatic rings. The van der Waals surface area contributed by atoms with Crippen LogP contribution in [-0.2, 0) is 26.6 Å². The molecule has 1 aliphatic heterocycles. The van der Waals surface area contributed by atoms with E-state index in [1.807, 2.05) is 25.2 Å². The molecule has 0 spiro atoms. The molecular formula is C23H25ClFN5O3. The molecule has 0 saturated heterocycles. The van der Waals surface area contributed by atoms with Crippen LogP contribution in [0, 0.1) is 5.95 Å². The van der Waals surface area contributed by atoms with Crippen LogP contribution in [-0.4, -0.2) is 56.4 Å². The second-order valence-corrected chi connectivity index (χ2v) is 8.34. The Morgan fingerprint density at radius 1 is 1.33 bits per heavy atom. The number of amides is 1. The SMILES string of the molecule is Cn1nccc1COc1ccc2c(c1Cl)CCN(C[C@@H](O)CNC(=O)c1ccnc(F)c1)C2. The van der Waals surface area contributed by atoms with Gasteiger partial charge in [-0.3, -0.25) is 14.4 Å². The quantitative estimate of drug-likeness (QED) is 0.488. The highest BCUT2D eigenvalue weighted by atomic mass is 35.5. The van der Waals surface area contributed by atoms with Gasteiger partial charge in [-0.2, -0.15) is 9.49 Å². The maximum Gasteiger partial charge on any atom is 0.251 e. The lowest BCUT2D eigenvalue weighted by atomic mass is 9.99. The van der Waals surface area contributed by atoms with Gasteiger partial charge in [0, 0.05) is 57.3 Å². The molecular weight excluding hydrogens is 449 g/mol. The van der Waals surface area contributed by atoms with Crippen LogP contribution < -0.4 is 10.1 Å². The van der Waals surface area contributed by atoms with Crippen molar-refractivity contribution in [2.75, 3.05) is 19.6 Å². The number of aromatic nitrogens is 3. The smallest absolute Gasteiger partial charge is 0.251 e. The molecule has 4 rings (SSSR count). The van der Waals surface area contributed by atoms with Gasteiger partial charge in [0.1, 0.15) is 12.4 Å². The van der Waals surface area contributed by atoms with Crippen molar-refractivity contribution in [3.05, 3.63) is 76.1 Å². The van der Waals surface area contributed by atoms with Gasteiger partial charge in [0.2, 0.25) is 5.95 Å². The number of ether oxygens (including phenoxy) is 1. The van der Waals surface area contributed by atoms with Crippen LogP contribution in [0.1, 0.15) is 27.2 Å². The number of aliphatic hydroxyl groups excluding tert-OH is 1. The van der Waals surface area contributed by atoms with Gasteiger partial charge < -0.3 is 15.2 Å². The van der Waals surface area contributed by atoms with E-state index in [9.17, 15) is 14.3 Å². The predicted octanol–water partition coefficient (Wildman–Crippen LogP) is 2.34. The lowest BCUT2D eigenvalue weighted by molar-refractivity contribution is 0.0841. The van der Waals surface area contributed by atoms with Crippen molar-refractivity contribution in [1.82, 2.24) is 25.0 Å². The lowest BCUT2D eigenvalue weighted by Gasteiger charge is -2.31. The summed E-state index contributed by atoms with van der Waals surface area (Å²) in [4.78, 5) is 17.6. The fourth-order valence-electron chi connectivity index (χ4n) is 3.83. The Kier molecular flexibility index (Phi) is 7.22. The summed E-state index contributed by atoms with van der Waals surface area (Å²) in [6.45, 7) is 2.19. The van der Waals surface area contributed by atoms with Crippen LogP contribution in [0.4, 0.5) is 4.39 Å². The number of halogens is 2. The molecule has 2 aromatic heterocycles. The van der Waals surface area contributed by atoms with E-state index < -0.39 is 18.0 Å². The Labute approximate surface area is 195 Å². The number of pyridine rings is 1. The van der Waals surface area contributed by atoms with Gasteiger partial charge in [0.15, 0.2) is 0 Å². The number of carbonyl (C=O) groups is 1. The molecule has 2 N–H and O–H groups in total. The largest absolute Gasteiger partial charge is 0.486 e. The highest BCUT2D eigenvalue weighted by Gasteiger charge is 2.23. The molecule has 0 saturated carbocycles. The summed E-state index contributed by atoms with van der Waals surface area (Å²) >= 11 is 6.62. The van der Waals surface area contributed by atoms with Crippen molar-refractivity contribution < 1.29 is 19.0 Å². The van der Waals surface area contributed by atoms with E-state index >= 15 is 0 Å². The Balaban J connectivity index is 1.30. The second-order valence-electron chi connectivity index (χ2n) is 7.97. The van der Waals surface area contributed by atoms with Gasteiger partial charge in [-0.05, 0) is 35.7 Å². The molecule has 33 heavy (non-hydrogen) atoms. The summed E-state index contributed by atoms with van der Waals surface area (Å²) in [5, 5.41) is 17.8. The van der Waals surface area contributed by atoms with Crippen LogP contribution in [0.2, 0.25) is 5.02 Å². The Morgan fingerprint density at radius 3 is 2.94 bits per heavy atom. The van der Waals surface area contributed by atoms with E-state index in [0.717, 1.165) is 35.9 Å². The Hall–Kier alpha value is -3.01. The summed E-state index contributed by atoms with van der Waals surface area (Å²) in [7, 11) is 1.86. The minimum absolute atomic E-state index is 0.0632. The zero-order valence-electron chi connectivity index (χ0n) is 18.2. The number of nitrogens with zero attached hydrogens (tertiary/aromatic N) is 4. The number of hydrogen-bond donors (Lipinski definition) is 2. The maximum absolute atomic E-state index is 13.2. The summed E-state index contributed by atoms with van der Waals surface area (Å²) in [6, 6.07) is 8.24. The first-order valence-corrected chi connectivity index (χ1v) is 11.0. The average Bonchev–Trinajstić information content (AvgIpc) is 3.21. The van der Waals surface area contributed by atoms with Crippen molar-refractivity contribution in [2.45, 2.75) is 25.7 Å². The van der Waals surface area contributed by atoms with Crippen LogP contribution in [0.25, 0.3) is 0 Å². The number of hydrogen-bond acceptors (Lipinski definition) is 6. The van der Waals surface area contributed by atoms with Crippen molar-refractivity contribution in [2.24, 2.45) is 7.05 Å². The molecule has 174 valence electrons. The maximum atomic E-state index is 13.2. The highest BCUT2D eigenvalue weighted by Crippen LogP contribution is 2.34. The monoisotopic (exact) mass is 473 g/mol. The second kappa shape index (κ2) is 10.3. The number of benzene rings is 1. The fraction of sp³-hybridized carbons (Fsp3) is 0.348. The molecule has 1 atom stereocenters. The number of fused-ring (bicyclic) bond motifs is 1. The molecule has 3 aromatic rings. The number of aliphatic hydroxyl groups is 1. The molecule has 0 unspecified atom stereocenters. The molecule has 3 heterocycles. The molecule has 1 aromatic carbocycles. The van der Waals surface area contributed by atoms with Crippen molar-refractivity contribution in [3.8, 4) is 5.75 Å². The van der Waals surface area contributed by atoms with E-state index in [-0.39, 0.29) is 12.1 Å². The van der Waals surface area contributed by atoms with E-state index in [1.165, 1.54) is 12.3 Å². The molecule has 0 aliphatic carbocycles. The van der Waals surface area contributed by atoms with Crippen LogP contribution in [0.15, 0.2) is 42.7 Å². The average molecular weight is 474 g/mol. The van der Waals surface area contributed by atoms with E-state index in [1.54, 1.807) is 10.9 Å². The van der Waals surface area contributed by atoms with Crippen molar-refractivity contribution >= 4 is 17.5 Å². The molecule has 0 radical (unpaired) electrons. The fourth-order valence-corrected chi connectivity index (χ4v) is 4.16. The normalized spacial score (nSPS) is 14.5. The van der Waals surface area contributed by atoms with Gasteiger partial charge >= 0.3 is 0 Å². The zero-order valence-corrected chi connectivity index (χ0v) is 18.9. The first-order valence-electron chi connectivity index (χ1n) is 10.6. The summed E-state index contributed by atoms with van der Waals surface area (Å²) < 4.78 is 20.8. The number of β-amino-alcohol motifs (C(OH)–C–C–N with tert-alkyl or cyclic N) is 1. The Bertz CT molecular complexity index is 1140. The van der Waals surface area contributed by atoms with Gasteiger partial charge in [-0.15, -0.1) is 0 Å². The minimum Gasteiger partial charge on any atom is -0.486 e. The third kappa shape index (κ3) is 5.68. The van der Waals surface area contributed by atoms with E-state index in [4.69, 9.17) is 16.3 Å². The number of carbonyl (C=O) groups excluding carboxylic acids is 1. The van der Waals surface area contributed by atoms with Crippen LogP contribution in [0.3, 0.4) is 0 Å².